The third-order valence-electron chi connectivity index (χ3n) is 10.9. The molecule has 1 saturated carbocycles. The number of nitrogens with zero attached hydrogens (tertiary/aromatic N) is 3. The summed E-state index contributed by atoms with van der Waals surface area (Å²) in [6.45, 7) is 0. The van der Waals surface area contributed by atoms with E-state index < -0.39 is 75.4 Å². The highest BCUT2D eigenvalue weighted by molar-refractivity contribution is 9.10. The normalized spacial score (nSPS) is 26.4. The number of anilines is 2. The summed E-state index contributed by atoms with van der Waals surface area (Å²) in [4.78, 5) is 63.4. The topological polar surface area (TPSA) is 120 Å². The minimum absolute atomic E-state index is 0.0781. The summed E-state index contributed by atoms with van der Waals surface area (Å²) in [5.74, 6) is -7.85. The van der Waals surface area contributed by atoms with Crippen molar-refractivity contribution in [2.45, 2.75) is 30.4 Å². The van der Waals surface area contributed by atoms with Gasteiger partial charge in [0.25, 0.3) is 11.8 Å². The first-order valence-electron chi connectivity index (χ1n) is 16.6. The number of hydrogen-bond acceptors (Lipinski definition) is 7. The second kappa shape index (κ2) is 13.1. The molecule has 2 N–H and O–H groups in total. The lowest BCUT2D eigenvalue weighted by atomic mass is 9.49. The Kier molecular flexibility index (Phi) is 8.87. The number of carbonyl (C=O) groups is 4. The molecule has 0 radical (unpaired) electrons. The molecule has 8 rings (SSSR count). The van der Waals surface area contributed by atoms with E-state index in [-0.39, 0.29) is 30.0 Å². The maximum Gasteiger partial charge on any atom is 0.417 e. The number of fused-ring (bicyclic) bond motifs is 4. The summed E-state index contributed by atoms with van der Waals surface area (Å²) in [6.07, 6.45) is -2.36. The summed E-state index contributed by atoms with van der Waals surface area (Å²) in [5.41, 5.74) is 1.18. The van der Waals surface area contributed by atoms with Crippen LogP contribution in [0.4, 0.5) is 24.7 Å². The van der Waals surface area contributed by atoms with Crippen LogP contribution >= 0.6 is 50.7 Å². The Morgan fingerprint density at radius 3 is 2.19 bits per heavy atom. The molecule has 0 bridgehead atoms. The summed E-state index contributed by atoms with van der Waals surface area (Å²) >= 11 is 22.1. The maximum atomic E-state index is 15.3. The smallest absolute Gasteiger partial charge is 0.417 e. The summed E-state index contributed by atoms with van der Waals surface area (Å²) in [5, 5.41) is 12.5. The molecular formula is C38H25BrCl3F3N4O5. The lowest BCUT2D eigenvalue weighted by Crippen LogP contribution is -2.53. The minimum Gasteiger partial charge on any atom is -0.508 e. The Morgan fingerprint density at radius 2 is 1.54 bits per heavy atom. The van der Waals surface area contributed by atoms with E-state index in [0.29, 0.717) is 48.6 Å². The molecule has 16 heteroatoms. The molecule has 3 fully saturated rings. The third kappa shape index (κ3) is 5.53. The molecule has 54 heavy (non-hydrogen) atoms. The molecule has 2 aliphatic carbocycles. The van der Waals surface area contributed by atoms with Gasteiger partial charge < -0.3 is 5.11 Å². The quantitative estimate of drug-likeness (QED) is 0.152. The number of aromatic nitrogens is 1. The van der Waals surface area contributed by atoms with E-state index in [2.05, 4.69) is 26.3 Å². The molecule has 3 aromatic carbocycles. The maximum absolute atomic E-state index is 15.3. The van der Waals surface area contributed by atoms with E-state index >= 15 is 4.79 Å². The number of pyridine rings is 1. The van der Waals surface area contributed by atoms with Crippen molar-refractivity contribution >= 4 is 85.9 Å². The molecule has 6 atom stereocenters. The van der Waals surface area contributed by atoms with Gasteiger partial charge in [-0.1, -0.05) is 74.5 Å². The van der Waals surface area contributed by atoms with Gasteiger partial charge in [0.15, 0.2) is 5.82 Å². The van der Waals surface area contributed by atoms with Gasteiger partial charge in [0.05, 0.1) is 39.4 Å². The molecular weight excluding hydrogens is 836 g/mol. The van der Waals surface area contributed by atoms with Crippen LogP contribution in [0.3, 0.4) is 0 Å². The van der Waals surface area contributed by atoms with Crippen LogP contribution in [0.5, 0.6) is 5.75 Å². The Balaban J connectivity index is 1.32. The average molecular weight is 861 g/mol. The molecule has 0 spiro atoms. The zero-order valence-electron chi connectivity index (χ0n) is 27.5. The van der Waals surface area contributed by atoms with Crippen molar-refractivity contribution in [1.82, 2.24) is 9.99 Å². The standard InChI is InChI=1S/C38H25BrCl3F3N4O5/c39-19-3-12-29(50)26(14-19)31-23-10-11-24-30(35(53)48(33(24)51)22-8-6-21(41)7-9-22)25(23)15-27-34(52)49(36(54)37(27,31)17-1-4-20(40)5-2-17)47-32-28(42)13-18(16-46-32)38(43,44)45/h1-10,12-14,16,24-25,27,30-31,50H,11,15H2,(H,46,47). The number of rotatable bonds is 5. The Bertz CT molecular complexity index is 2310. The second-order valence-electron chi connectivity index (χ2n) is 13.6. The highest BCUT2D eigenvalue weighted by atomic mass is 79.9. The number of benzene rings is 3. The first-order valence-corrected chi connectivity index (χ1v) is 18.5. The van der Waals surface area contributed by atoms with E-state index in [0.717, 1.165) is 4.90 Å². The van der Waals surface area contributed by atoms with Crippen LogP contribution in [-0.4, -0.2) is 38.7 Å². The van der Waals surface area contributed by atoms with Crippen LogP contribution in [0.25, 0.3) is 0 Å². The number of amides is 4. The van der Waals surface area contributed by atoms with Crippen molar-refractivity contribution in [3.63, 3.8) is 0 Å². The van der Waals surface area contributed by atoms with Crippen molar-refractivity contribution in [1.29, 1.82) is 0 Å². The summed E-state index contributed by atoms with van der Waals surface area (Å²) in [6, 6.07) is 17.9. The lowest BCUT2D eigenvalue weighted by molar-refractivity contribution is -0.139. The van der Waals surface area contributed by atoms with Crippen molar-refractivity contribution in [3.05, 3.63) is 127 Å². The number of hydrogen-bond donors (Lipinski definition) is 2. The monoisotopic (exact) mass is 858 g/mol. The molecule has 1 aromatic heterocycles. The fraction of sp³-hybridized carbons (Fsp3) is 0.237. The van der Waals surface area contributed by atoms with Gasteiger partial charge in [-0.3, -0.25) is 29.5 Å². The molecule has 4 aromatic rings. The van der Waals surface area contributed by atoms with Crippen molar-refractivity contribution in [3.8, 4) is 5.75 Å². The minimum atomic E-state index is -4.76. The molecule has 2 saturated heterocycles. The number of carbonyl (C=O) groups excluding carboxylic acids is 4. The Labute approximate surface area is 328 Å². The third-order valence-corrected chi connectivity index (χ3v) is 12.2. The lowest BCUT2D eigenvalue weighted by Gasteiger charge is -2.50. The van der Waals surface area contributed by atoms with Crippen LogP contribution in [0.2, 0.25) is 15.1 Å². The number of halogens is 7. The van der Waals surface area contributed by atoms with Gasteiger partial charge in [0.1, 0.15) is 5.75 Å². The number of nitrogens with one attached hydrogen (secondary N) is 1. The zero-order valence-corrected chi connectivity index (χ0v) is 31.3. The zero-order chi connectivity index (χ0) is 38.4. The largest absolute Gasteiger partial charge is 0.508 e. The second-order valence-corrected chi connectivity index (χ2v) is 15.8. The summed E-state index contributed by atoms with van der Waals surface area (Å²) < 4.78 is 40.9. The molecule has 3 heterocycles. The van der Waals surface area contributed by atoms with Gasteiger partial charge in [-0.15, -0.1) is 0 Å². The number of phenolic OH excluding ortho intramolecular Hbond substituents is 1. The van der Waals surface area contributed by atoms with Gasteiger partial charge in [-0.2, -0.15) is 18.2 Å². The van der Waals surface area contributed by atoms with Crippen LogP contribution in [0, 0.1) is 23.7 Å². The van der Waals surface area contributed by atoms with Crippen molar-refractivity contribution in [2.75, 3.05) is 10.3 Å². The van der Waals surface area contributed by atoms with Crippen LogP contribution in [-0.2, 0) is 30.8 Å². The average Bonchev–Trinajstić information content (AvgIpc) is 3.51. The molecule has 4 amide bonds. The van der Waals surface area contributed by atoms with Gasteiger partial charge >= 0.3 is 6.18 Å². The van der Waals surface area contributed by atoms with E-state index in [4.69, 9.17) is 34.8 Å². The van der Waals surface area contributed by atoms with Crippen LogP contribution in [0.15, 0.2) is 95.1 Å². The molecule has 6 unspecified atom stereocenters. The fourth-order valence-electron chi connectivity index (χ4n) is 8.73. The SMILES string of the molecule is O=C1C2CC3C(=CCC4C(=O)N(c5ccc(Cl)cc5)C(=O)C43)C(c3cc(Br)ccc3O)C2(c2ccc(Cl)cc2)C(=O)N1Nc1ncc(C(F)(F)F)cc1Cl. The van der Waals surface area contributed by atoms with Crippen LogP contribution in [0.1, 0.15) is 35.4 Å². The number of imide groups is 2. The van der Waals surface area contributed by atoms with Crippen LogP contribution < -0.4 is 10.3 Å². The van der Waals surface area contributed by atoms with Crippen molar-refractivity contribution in [2.24, 2.45) is 23.7 Å². The first kappa shape index (κ1) is 36.5. The van der Waals surface area contributed by atoms with Gasteiger partial charge in [0, 0.05) is 32.2 Å². The molecule has 9 nitrogen and oxygen atoms in total. The molecule has 2 aliphatic heterocycles. The van der Waals surface area contributed by atoms with E-state index in [1.54, 1.807) is 60.7 Å². The molecule has 276 valence electrons. The predicted octanol–water partition coefficient (Wildman–Crippen LogP) is 8.72. The predicted molar refractivity (Wildman–Crippen MR) is 197 cm³/mol. The number of allylic oxidation sites excluding steroid dienone is 2. The highest BCUT2D eigenvalue weighted by Gasteiger charge is 2.70. The number of aromatic hydroxyl groups is 1. The number of phenols is 1. The Hall–Kier alpha value is -4.43. The number of alkyl halides is 3. The number of hydrazine groups is 1. The van der Waals surface area contributed by atoms with E-state index in [1.165, 1.54) is 6.07 Å². The first-order chi connectivity index (χ1) is 25.6. The van der Waals surface area contributed by atoms with Gasteiger partial charge in [-0.05, 0) is 85.0 Å². The fourth-order valence-corrected chi connectivity index (χ4v) is 9.57. The van der Waals surface area contributed by atoms with E-state index in [9.17, 15) is 32.7 Å². The Morgan fingerprint density at radius 1 is 0.870 bits per heavy atom. The summed E-state index contributed by atoms with van der Waals surface area (Å²) in [7, 11) is 0. The van der Waals surface area contributed by atoms with Gasteiger partial charge in [-0.25, -0.2) is 4.98 Å². The highest BCUT2D eigenvalue weighted by Crippen LogP contribution is 2.65. The van der Waals surface area contributed by atoms with Crippen molar-refractivity contribution < 1.29 is 37.5 Å². The van der Waals surface area contributed by atoms with E-state index in [1.807, 2.05) is 6.08 Å². The van der Waals surface area contributed by atoms with Gasteiger partial charge in [0.2, 0.25) is 11.8 Å². The molecule has 4 aliphatic rings.